The van der Waals surface area contributed by atoms with Gasteiger partial charge < -0.3 is 38.5 Å². The van der Waals surface area contributed by atoms with E-state index in [1.807, 2.05) is 108 Å². The van der Waals surface area contributed by atoms with Crippen molar-refractivity contribution in [2.75, 3.05) is 25.1 Å². The van der Waals surface area contributed by atoms with Gasteiger partial charge in [-0.2, -0.15) is 0 Å². The van der Waals surface area contributed by atoms with Crippen LogP contribution in [-0.4, -0.2) is 62.0 Å². The van der Waals surface area contributed by atoms with Crippen LogP contribution in [0, 0.1) is 19.3 Å². The Morgan fingerprint density at radius 3 is 1.84 bits per heavy atom. The van der Waals surface area contributed by atoms with Crippen LogP contribution in [0.2, 0.25) is 0 Å². The fraction of sp³-hybridized carbons (Fsp3) is 0.468. The molecule has 0 saturated carbocycles. The van der Waals surface area contributed by atoms with Gasteiger partial charge in [0, 0.05) is 11.1 Å². The minimum Gasteiger partial charge on any atom is -0.494 e. The summed E-state index contributed by atoms with van der Waals surface area (Å²) in [4.78, 5) is 13.4. The zero-order valence-corrected chi connectivity index (χ0v) is 33.8. The normalized spacial score (nSPS) is 23.0. The van der Waals surface area contributed by atoms with Gasteiger partial charge in [-0.1, -0.05) is 105 Å². The highest BCUT2D eigenvalue weighted by molar-refractivity contribution is 5.96. The summed E-state index contributed by atoms with van der Waals surface area (Å²) in [5.41, 5.74) is 5.45. The van der Waals surface area contributed by atoms with Crippen molar-refractivity contribution in [1.82, 2.24) is 0 Å². The maximum Gasteiger partial charge on any atom is 0.254 e. The van der Waals surface area contributed by atoms with E-state index in [1.54, 1.807) is 0 Å². The maximum atomic E-state index is 13.4. The predicted octanol–water partition coefficient (Wildman–Crippen LogP) is 9.12. The minimum atomic E-state index is -0.824. The first-order chi connectivity index (χ1) is 27.0. The summed E-state index contributed by atoms with van der Waals surface area (Å²) >= 11 is 0. The first kappa shape index (κ1) is 41.5. The molecule has 2 heterocycles. The van der Waals surface area contributed by atoms with Gasteiger partial charge in [-0.3, -0.25) is 4.79 Å². The van der Waals surface area contributed by atoms with Crippen LogP contribution < -0.4 is 10.1 Å². The average molecular weight is 766 g/mol. The lowest BCUT2D eigenvalue weighted by molar-refractivity contribution is -0.303. The number of rotatable bonds is 17. The Morgan fingerprint density at radius 2 is 1.27 bits per heavy atom. The first-order valence-electron chi connectivity index (χ1n) is 19.9. The van der Waals surface area contributed by atoms with Gasteiger partial charge in [0.05, 0.1) is 45.7 Å². The van der Waals surface area contributed by atoms with Crippen molar-refractivity contribution in [2.45, 2.75) is 117 Å². The smallest absolute Gasteiger partial charge is 0.254 e. The maximum absolute atomic E-state index is 13.4. The van der Waals surface area contributed by atoms with Crippen molar-refractivity contribution in [3.8, 4) is 5.75 Å². The molecule has 4 aromatic carbocycles. The van der Waals surface area contributed by atoms with Crippen LogP contribution in [-0.2, 0) is 53.0 Å². The van der Waals surface area contributed by atoms with Crippen LogP contribution in [0.1, 0.15) is 74.8 Å². The second-order valence-electron chi connectivity index (χ2n) is 16.2. The molecule has 0 bridgehead atoms. The molecule has 2 aliphatic rings. The molecule has 6 rings (SSSR count). The number of aryl methyl sites for hydroxylation is 2. The summed E-state index contributed by atoms with van der Waals surface area (Å²) in [5, 5.41) is 3.13. The molecule has 1 unspecified atom stereocenters. The van der Waals surface area contributed by atoms with Gasteiger partial charge in [-0.05, 0) is 86.9 Å². The number of anilines is 1. The second-order valence-corrected chi connectivity index (χ2v) is 16.2. The van der Waals surface area contributed by atoms with E-state index in [2.05, 4.69) is 41.7 Å². The van der Waals surface area contributed by atoms with Crippen molar-refractivity contribution in [3.05, 3.63) is 131 Å². The fourth-order valence-corrected chi connectivity index (χ4v) is 7.29. The Balaban J connectivity index is 1.07. The highest BCUT2D eigenvalue weighted by Gasteiger charge is 2.46. The number of benzene rings is 4. The van der Waals surface area contributed by atoms with E-state index in [1.165, 1.54) is 0 Å². The number of ether oxygens (including phenoxy) is 7. The Hall–Kier alpha value is -4.09. The molecule has 1 N–H and O–H groups in total. The van der Waals surface area contributed by atoms with E-state index >= 15 is 0 Å². The molecular formula is C47H59NO8. The number of hydrogen-bond acceptors (Lipinski definition) is 8. The lowest BCUT2D eigenvalue weighted by Gasteiger charge is -2.44. The first-order valence-corrected chi connectivity index (χ1v) is 19.9. The lowest BCUT2D eigenvalue weighted by atomic mass is 9.85. The molecule has 0 aliphatic carbocycles. The zero-order valence-electron chi connectivity index (χ0n) is 33.8. The van der Waals surface area contributed by atoms with Gasteiger partial charge in [0.15, 0.2) is 5.79 Å². The van der Waals surface area contributed by atoms with Gasteiger partial charge in [-0.25, -0.2) is 0 Å². The van der Waals surface area contributed by atoms with Crippen molar-refractivity contribution in [3.63, 3.8) is 0 Å². The Labute approximate surface area is 332 Å². The molecule has 5 atom stereocenters. The average Bonchev–Trinajstić information content (AvgIpc) is 3.19. The van der Waals surface area contributed by atoms with E-state index in [9.17, 15) is 4.79 Å². The van der Waals surface area contributed by atoms with Crippen molar-refractivity contribution >= 4 is 11.6 Å². The van der Waals surface area contributed by atoms with Gasteiger partial charge in [-0.15, -0.1) is 0 Å². The third-order valence-corrected chi connectivity index (χ3v) is 10.5. The molecule has 9 heteroatoms. The number of amides is 1. The summed E-state index contributed by atoms with van der Waals surface area (Å²) < 4.78 is 44.6. The largest absolute Gasteiger partial charge is 0.494 e. The lowest BCUT2D eigenvalue weighted by Crippen LogP contribution is -2.56. The molecule has 0 aromatic heterocycles. The molecule has 2 aliphatic heterocycles. The number of carbonyl (C=O) groups is 1. The Bertz CT molecular complexity index is 1790. The van der Waals surface area contributed by atoms with E-state index in [-0.39, 0.29) is 30.3 Å². The zero-order chi connectivity index (χ0) is 39.5. The van der Waals surface area contributed by atoms with Crippen LogP contribution in [0.5, 0.6) is 5.75 Å². The number of nitrogens with one attached hydrogen (secondary N) is 1. The summed E-state index contributed by atoms with van der Waals surface area (Å²) in [5.74, 6) is -0.230. The standard InChI is InChI=1S/C47H59NO8/c1-33-26-38(27-34(2)41(33)48-45(49)44-46(3,4)32-55-47(5,6)56-44)50-25-17-16-24-39-42(53-29-36-20-12-8-13-21-36)43(54-30-37-22-14-9-15-23-37)40(31-52-39)51-28-35-18-10-7-11-19-35/h7-15,18-23,26-27,39-40,42-44H,16-17,24-25,28-32H2,1-6H3,(H,48,49)/t39-,40-,42+,43+,44?/m1/s1. The fourth-order valence-electron chi connectivity index (χ4n) is 7.29. The number of hydrogen-bond donors (Lipinski definition) is 1. The summed E-state index contributed by atoms with van der Waals surface area (Å²) in [6, 6.07) is 34.6. The molecule has 4 aromatic rings. The van der Waals surface area contributed by atoms with Crippen LogP contribution in [0.25, 0.3) is 0 Å². The summed E-state index contributed by atoms with van der Waals surface area (Å²) in [6.07, 6.45) is 0.681. The van der Waals surface area contributed by atoms with E-state index in [4.69, 9.17) is 33.2 Å². The molecule has 56 heavy (non-hydrogen) atoms. The molecular weight excluding hydrogens is 707 g/mol. The SMILES string of the molecule is Cc1cc(OCCCC[C@H]2OC[C@@H](OCc3ccccc3)[C@H](OCc3ccccc3)[C@H]2OCc2ccccc2)cc(C)c1NC(=O)C1OC(C)(C)OCC1(C)C. The van der Waals surface area contributed by atoms with Gasteiger partial charge in [0.2, 0.25) is 0 Å². The second kappa shape index (κ2) is 19.4. The van der Waals surface area contributed by atoms with Crippen LogP contribution in [0.3, 0.4) is 0 Å². The third kappa shape index (κ3) is 11.5. The van der Waals surface area contributed by atoms with Crippen LogP contribution in [0.4, 0.5) is 5.69 Å². The molecule has 0 radical (unpaired) electrons. The topological polar surface area (TPSA) is 93.7 Å². The van der Waals surface area contributed by atoms with E-state index in [0.29, 0.717) is 39.6 Å². The molecule has 0 spiro atoms. The van der Waals surface area contributed by atoms with Gasteiger partial charge in [0.1, 0.15) is 30.2 Å². The molecule has 2 fully saturated rings. The summed E-state index contributed by atoms with van der Waals surface area (Å²) in [7, 11) is 0. The van der Waals surface area contributed by atoms with Gasteiger partial charge >= 0.3 is 0 Å². The Kier molecular flexibility index (Phi) is 14.4. The molecule has 1 amide bonds. The van der Waals surface area contributed by atoms with E-state index < -0.39 is 17.3 Å². The predicted molar refractivity (Wildman–Crippen MR) is 217 cm³/mol. The van der Waals surface area contributed by atoms with Crippen molar-refractivity contribution in [1.29, 1.82) is 0 Å². The molecule has 9 nitrogen and oxygen atoms in total. The molecule has 2 saturated heterocycles. The monoisotopic (exact) mass is 765 g/mol. The summed E-state index contributed by atoms with van der Waals surface area (Å²) in [6.45, 7) is 14.3. The van der Waals surface area contributed by atoms with Crippen molar-refractivity contribution < 1.29 is 38.0 Å². The van der Waals surface area contributed by atoms with E-state index in [0.717, 1.165) is 58.5 Å². The molecule has 300 valence electrons. The van der Waals surface area contributed by atoms with Crippen LogP contribution in [0.15, 0.2) is 103 Å². The van der Waals surface area contributed by atoms with Gasteiger partial charge in [0.25, 0.3) is 5.91 Å². The number of unbranched alkanes of at least 4 members (excludes halogenated alkanes) is 1. The van der Waals surface area contributed by atoms with Crippen molar-refractivity contribution in [2.24, 2.45) is 5.41 Å². The Morgan fingerprint density at radius 1 is 0.732 bits per heavy atom. The minimum absolute atomic E-state index is 0.177. The highest BCUT2D eigenvalue weighted by Crippen LogP contribution is 2.36. The third-order valence-electron chi connectivity index (χ3n) is 10.5. The number of carbonyl (C=O) groups excluding carboxylic acids is 1. The van der Waals surface area contributed by atoms with Crippen LogP contribution >= 0.6 is 0 Å². The quantitative estimate of drug-likeness (QED) is 0.107. The highest BCUT2D eigenvalue weighted by atomic mass is 16.7.